The molecule has 364 valence electrons. The number of carbonyl (C=O) groups excluding carboxylic acids is 2. The molecule has 6 N–H and O–H groups in total. The first-order chi connectivity index (χ1) is 32.2. The summed E-state index contributed by atoms with van der Waals surface area (Å²) in [5, 5.41) is 29.5. The van der Waals surface area contributed by atoms with Crippen LogP contribution in [0.3, 0.4) is 0 Å². The Hall–Kier alpha value is -5.54. The number of amides is 2. The average Bonchev–Trinajstić information content (AvgIpc) is 4.02. The molecular weight excluding hydrogens is 853 g/mol. The molecule has 0 unspecified atom stereocenters. The molecule has 2 fully saturated rings. The highest BCUT2D eigenvalue weighted by molar-refractivity contribution is 5.81. The number of carbonyl (C=O) groups is 3. The minimum Gasteiger partial charge on any atom is -0.481 e. The summed E-state index contributed by atoms with van der Waals surface area (Å²) in [5.74, 6) is 2.75. The molecule has 23 heteroatoms. The van der Waals surface area contributed by atoms with Crippen molar-refractivity contribution in [2.75, 3.05) is 127 Å². The van der Waals surface area contributed by atoms with Crippen molar-refractivity contribution >= 4 is 35.6 Å². The van der Waals surface area contributed by atoms with Crippen molar-refractivity contribution in [2.24, 2.45) is 11.5 Å². The SMILES string of the molecule is C#CCOCCOCCOCCNc1nc(N2CCN(C(=O)[C@H](CCCCN)n3cc(CCCC)nn3)CC2)nc(N2CCN(C(=O)[C@H](CCCCN)n3cc(CCC(=O)O)nn3)CC2)n1. The second-order valence-corrected chi connectivity index (χ2v) is 16.3. The Morgan fingerprint density at radius 1 is 0.712 bits per heavy atom. The highest BCUT2D eigenvalue weighted by Gasteiger charge is 2.33. The van der Waals surface area contributed by atoms with E-state index in [4.69, 9.17) is 52.2 Å². The van der Waals surface area contributed by atoms with Crippen LogP contribution in [0.25, 0.3) is 0 Å². The van der Waals surface area contributed by atoms with Gasteiger partial charge >= 0.3 is 5.97 Å². The predicted octanol–water partition coefficient (Wildman–Crippen LogP) is 0.547. The van der Waals surface area contributed by atoms with Crippen LogP contribution in [0.4, 0.5) is 17.8 Å². The van der Waals surface area contributed by atoms with Crippen LogP contribution < -0.4 is 26.6 Å². The topological polar surface area (TPSA) is 276 Å². The van der Waals surface area contributed by atoms with Gasteiger partial charge in [0.05, 0.1) is 50.8 Å². The quantitative estimate of drug-likeness (QED) is 0.0507. The summed E-state index contributed by atoms with van der Waals surface area (Å²) < 4.78 is 19.8. The van der Waals surface area contributed by atoms with Gasteiger partial charge in [-0.1, -0.05) is 29.7 Å². The summed E-state index contributed by atoms with van der Waals surface area (Å²) in [6.45, 7) is 9.66. The Morgan fingerprint density at radius 2 is 1.21 bits per heavy atom. The Morgan fingerprint density at radius 3 is 1.70 bits per heavy atom. The van der Waals surface area contributed by atoms with Crippen molar-refractivity contribution in [1.82, 2.24) is 54.7 Å². The van der Waals surface area contributed by atoms with Crippen molar-refractivity contribution in [1.29, 1.82) is 0 Å². The summed E-state index contributed by atoms with van der Waals surface area (Å²) in [4.78, 5) is 61.7. The minimum atomic E-state index is -0.925. The molecule has 23 nitrogen and oxygen atoms in total. The molecule has 3 aromatic rings. The highest BCUT2D eigenvalue weighted by Crippen LogP contribution is 2.24. The number of aromatic nitrogens is 9. The first-order valence-corrected chi connectivity index (χ1v) is 23.4. The third-order valence-electron chi connectivity index (χ3n) is 11.4. The van der Waals surface area contributed by atoms with E-state index in [0.29, 0.717) is 141 Å². The molecule has 2 atom stereocenters. The number of aryl methyl sites for hydroxylation is 2. The van der Waals surface area contributed by atoms with Crippen molar-refractivity contribution in [3.63, 3.8) is 0 Å². The number of hydrogen-bond donors (Lipinski definition) is 4. The normalized spacial score (nSPS) is 15.2. The fourth-order valence-electron chi connectivity index (χ4n) is 7.65. The molecule has 2 aliphatic heterocycles. The van der Waals surface area contributed by atoms with Crippen molar-refractivity contribution in [3.8, 4) is 12.3 Å². The maximum absolute atomic E-state index is 14.1. The number of carboxylic acid groups (broad SMARTS) is 1. The van der Waals surface area contributed by atoms with Crippen molar-refractivity contribution in [2.45, 2.75) is 89.6 Å². The lowest BCUT2D eigenvalue weighted by Gasteiger charge is -2.38. The van der Waals surface area contributed by atoms with Gasteiger partial charge in [0.2, 0.25) is 29.7 Å². The summed E-state index contributed by atoms with van der Waals surface area (Å²) in [6, 6.07) is -1.06. The van der Waals surface area contributed by atoms with Crippen LogP contribution >= 0.6 is 0 Å². The van der Waals surface area contributed by atoms with E-state index in [1.807, 2.05) is 20.9 Å². The molecule has 0 bridgehead atoms. The van der Waals surface area contributed by atoms with E-state index < -0.39 is 18.1 Å². The number of terminal acetylenes is 1. The van der Waals surface area contributed by atoms with E-state index >= 15 is 0 Å². The number of nitrogens with one attached hydrogen (secondary N) is 1. The molecular formula is C43H70N16O7. The third-order valence-corrected chi connectivity index (χ3v) is 11.4. The van der Waals surface area contributed by atoms with Gasteiger partial charge in [-0.3, -0.25) is 14.4 Å². The standard InChI is InChI=1S/C43H70N16O7/c1-3-5-10-34-32-58(52-50-34)36(11-6-8-15-44)39(62)54-18-22-56(23-19-54)42-47-41(46-17-27-65-29-31-66-30-28-64-26-4-2)48-43(49-42)57-24-20-55(21-25-57)40(63)37(12-7-9-16-45)59-33-35(51-53-59)13-14-38(60)61/h2,32-33,36-37H,3,5-31,44-45H2,1H3,(H,60,61)(H,46,47,48,49)/t36-,37-/m0/s1. The zero-order chi connectivity index (χ0) is 46.9. The van der Waals surface area contributed by atoms with Crippen LogP contribution in [0.15, 0.2) is 12.4 Å². The van der Waals surface area contributed by atoms with E-state index in [0.717, 1.165) is 50.6 Å². The van der Waals surface area contributed by atoms with Gasteiger partial charge in [-0.15, -0.1) is 16.6 Å². The Balaban J connectivity index is 1.24. The summed E-state index contributed by atoms with van der Waals surface area (Å²) in [5.41, 5.74) is 13.0. The Kier molecular flexibility index (Phi) is 22.2. The molecule has 2 amide bonds. The summed E-state index contributed by atoms with van der Waals surface area (Å²) in [6.07, 6.45) is 16.1. The number of carboxylic acids is 1. The number of unbranched alkanes of at least 4 members (excludes halogenated alkanes) is 3. The van der Waals surface area contributed by atoms with Gasteiger partial charge in [-0.2, -0.15) is 15.0 Å². The second-order valence-electron chi connectivity index (χ2n) is 16.3. The number of piperazine rings is 2. The van der Waals surface area contributed by atoms with E-state index in [-0.39, 0.29) is 31.3 Å². The molecule has 5 heterocycles. The predicted molar refractivity (Wildman–Crippen MR) is 246 cm³/mol. The molecule has 66 heavy (non-hydrogen) atoms. The van der Waals surface area contributed by atoms with Gasteiger partial charge in [-0.05, 0) is 64.5 Å². The van der Waals surface area contributed by atoms with Crippen molar-refractivity contribution in [3.05, 3.63) is 23.8 Å². The maximum Gasteiger partial charge on any atom is 0.303 e. The van der Waals surface area contributed by atoms with Crippen molar-refractivity contribution < 1.29 is 33.7 Å². The molecule has 0 radical (unpaired) electrons. The molecule has 5 rings (SSSR count). The number of ether oxygens (including phenoxy) is 3. The lowest BCUT2D eigenvalue weighted by atomic mass is 10.1. The van der Waals surface area contributed by atoms with E-state index in [1.54, 1.807) is 15.6 Å². The molecule has 0 spiro atoms. The monoisotopic (exact) mass is 923 g/mol. The van der Waals surface area contributed by atoms with Crippen LogP contribution in [0.1, 0.15) is 88.2 Å². The van der Waals surface area contributed by atoms with Crippen LogP contribution in [0, 0.1) is 12.3 Å². The first-order valence-electron chi connectivity index (χ1n) is 23.4. The highest BCUT2D eigenvalue weighted by atomic mass is 16.5. The number of aliphatic carboxylic acids is 1. The lowest BCUT2D eigenvalue weighted by molar-refractivity contribution is -0.137. The Bertz CT molecular complexity index is 1940. The van der Waals surface area contributed by atoms with Crippen LogP contribution in [-0.4, -0.2) is 189 Å². The van der Waals surface area contributed by atoms with Crippen LogP contribution in [0.5, 0.6) is 0 Å². The molecule has 2 aliphatic rings. The number of anilines is 3. The maximum atomic E-state index is 14.1. The van der Waals surface area contributed by atoms with Gasteiger partial charge in [0.15, 0.2) is 0 Å². The summed E-state index contributed by atoms with van der Waals surface area (Å²) in [7, 11) is 0. The smallest absolute Gasteiger partial charge is 0.303 e. The van der Waals surface area contributed by atoms with Gasteiger partial charge in [0.1, 0.15) is 18.7 Å². The molecule has 0 aromatic carbocycles. The lowest BCUT2D eigenvalue weighted by Crippen LogP contribution is -2.52. The number of rotatable bonds is 31. The van der Waals surface area contributed by atoms with Gasteiger partial charge < -0.3 is 55.7 Å². The van der Waals surface area contributed by atoms with E-state index in [9.17, 15) is 14.4 Å². The zero-order valence-electron chi connectivity index (χ0n) is 38.6. The first kappa shape index (κ1) is 51.4. The molecule has 3 aromatic heterocycles. The van der Waals surface area contributed by atoms with Crippen LogP contribution in [0.2, 0.25) is 0 Å². The fraction of sp³-hybridized carbons (Fsp3) is 0.721. The molecule has 2 saturated heterocycles. The fourth-order valence-corrected chi connectivity index (χ4v) is 7.65. The van der Waals surface area contributed by atoms with Crippen LogP contribution in [-0.2, 0) is 41.4 Å². The minimum absolute atomic E-state index is 0.0106. The van der Waals surface area contributed by atoms with Gasteiger partial charge in [0, 0.05) is 77.7 Å². The van der Waals surface area contributed by atoms with Gasteiger partial charge in [0.25, 0.3) is 0 Å². The summed E-state index contributed by atoms with van der Waals surface area (Å²) >= 11 is 0. The second kappa shape index (κ2) is 28.5. The zero-order valence-corrected chi connectivity index (χ0v) is 38.6. The third kappa shape index (κ3) is 16.4. The molecule has 0 saturated carbocycles. The largest absolute Gasteiger partial charge is 0.481 e. The molecule has 0 aliphatic carbocycles. The van der Waals surface area contributed by atoms with E-state index in [2.05, 4.69) is 43.7 Å². The van der Waals surface area contributed by atoms with Gasteiger partial charge in [-0.25, -0.2) is 9.36 Å². The number of nitrogens with two attached hydrogens (primary N) is 2. The Labute approximate surface area is 387 Å². The number of nitrogens with zero attached hydrogens (tertiary/aromatic N) is 13. The average molecular weight is 923 g/mol. The number of hydrogen-bond acceptors (Lipinski definition) is 18. The van der Waals surface area contributed by atoms with E-state index in [1.165, 1.54) is 0 Å².